The second kappa shape index (κ2) is 12.0. The van der Waals surface area contributed by atoms with Crippen molar-refractivity contribution < 1.29 is 28.3 Å². The molecule has 4 N–H and O–H groups in total. The summed E-state index contributed by atoms with van der Waals surface area (Å²) in [6, 6.07) is 7.67. The van der Waals surface area contributed by atoms with Gasteiger partial charge in [0.1, 0.15) is 16.4 Å². The third-order valence-electron chi connectivity index (χ3n) is 7.22. The molecule has 3 amide bonds. The van der Waals surface area contributed by atoms with Crippen LogP contribution in [0.3, 0.4) is 0 Å². The van der Waals surface area contributed by atoms with Gasteiger partial charge in [-0.2, -0.15) is 4.37 Å². The first kappa shape index (κ1) is 29.4. The second-order valence-corrected chi connectivity index (χ2v) is 12.6. The third-order valence-corrected chi connectivity index (χ3v) is 8.07. The first-order valence-electron chi connectivity index (χ1n) is 14.1. The molecule has 3 heterocycles. The topological polar surface area (TPSA) is 149 Å². The lowest BCUT2D eigenvalue weighted by atomic mass is 9.95. The average Bonchev–Trinajstić information content (AvgIpc) is 3.67. The van der Waals surface area contributed by atoms with Crippen molar-refractivity contribution in [2.45, 2.75) is 84.0 Å². The van der Waals surface area contributed by atoms with Gasteiger partial charge in [0.2, 0.25) is 6.79 Å². The van der Waals surface area contributed by atoms with Crippen LogP contribution in [0.25, 0.3) is 0 Å². The van der Waals surface area contributed by atoms with Gasteiger partial charge in [0.25, 0.3) is 17.7 Å². The largest absolute Gasteiger partial charge is 0.464 e. The lowest BCUT2D eigenvalue weighted by molar-refractivity contribution is -0.128. The molecule has 2 aliphatic rings. The zero-order valence-corrected chi connectivity index (χ0v) is 25.1. The summed E-state index contributed by atoms with van der Waals surface area (Å²) in [6.07, 6.45) is 5.07. The number of hydrogen-bond donors (Lipinski definition) is 3. The fourth-order valence-electron chi connectivity index (χ4n) is 5.23. The first-order valence-corrected chi connectivity index (χ1v) is 14.9. The maximum atomic E-state index is 14.3. The maximum absolute atomic E-state index is 14.3. The Bertz CT molecular complexity index is 1470. The smallest absolute Gasteiger partial charge is 0.273 e. The van der Waals surface area contributed by atoms with Crippen molar-refractivity contribution in [3.63, 3.8) is 0 Å². The van der Waals surface area contributed by atoms with Crippen LogP contribution in [0.15, 0.2) is 34.7 Å². The number of anilines is 1. The predicted molar refractivity (Wildman–Crippen MR) is 157 cm³/mol. The molecule has 1 saturated carbocycles. The molecule has 0 spiro atoms. The SMILES string of the molecule is Cc1ccc([C@H](C(=O)NC(C)(C)C)N(Cc2ccc3c(c2)OCO3)C(=O)c2snc(C(=O)NC3CCCCC3)c2N)o1. The minimum absolute atomic E-state index is 0.0123. The minimum atomic E-state index is -1.14. The van der Waals surface area contributed by atoms with Crippen molar-refractivity contribution in [1.29, 1.82) is 0 Å². The van der Waals surface area contributed by atoms with Gasteiger partial charge in [-0.25, -0.2) is 0 Å². The molecule has 12 heteroatoms. The van der Waals surface area contributed by atoms with Crippen LogP contribution >= 0.6 is 11.5 Å². The number of amides is 3. The van der Waals surface area contributed by atoms with E-state index >= 15 is 0 Å². The number of benzene rings is 1. The van der Waals surface area contributed by atoms with E-state index in [2.05, 4.69) is 15.0 Å². The second-order valence-electron chi connectivity index (χ2n) is 11.8. The highest BCUT2D eigenvalue weighted by atomic mass is 32.1. The van der Waals surface area contributed by atoms with Gasteiger partial charge in [0.05, 0.1) is 5.69 Å². The number of rotatable bonds is 8. The molecule has 3 aromatic rings. The Morgan fingerprint density at radius 1 is 1.10 bits per heavy atom. The van der Waals surface area contributed by atoms with Gasteiger partial charge in [-0.3, -0.25) is 14.4 Å². The monoisotopic (exact) mass is 595 g/mol. The van der Waals surface area contributed by atoms with E-state index < -0.39 is 29.3 Å². The standard InChI is InChI=1S/C30H37N5O6S/c1-17-10-12-21(41-17)25(28(37)33-30(2,3)4)35(15-18-11-13-20-22(14-18)40-16-39-20)29(38)26-23(31)24(34-42-26)27(36)32-19-8-6-5-7-9-19/h10-14,19,25H,5-9,15-16,31H2,1-4H3,(H,32,36)(H,33,37)/t25-/m1/s1. The Morgan fingerprint density at radius 2 is 1.83 bits per heavy atom. The van der Waals surface area contributed by atoms with Crippen LogP contribution in [0.2, 0.25) is 0 Å². The summed E-state index contributed by atoms with van der Waals surface area (Å²) in [5.41, 5.74) is 6.53. The van der Waals surface area contributed by atoms with Crippen LogP contribution in [-0.4, -0.2) is 45.4 Å². The molecule has 0 unspecified atom stereocenters. The zero-order chi connectivity index (χ0) is 30.0. The van der Waals surface area contributed by atoms with Gasteiger partial charge < -0.3 is 35.2 Å². The Kier molecular flexibility index (Phi) is 8.44. The van der Waals surface area contributed by atoms with E-state index in [0.717, 1.165) is 43.6 Å². The molecule has 11 nitrogen and oxygen atoms in total. The molecule has 224 valence electrons. The van der Waals surface area contributed by atoms with Gasteiger partial charge in [-0.15, -0.1) is 0 Å². The van der Waals surface area contributed by atoms with Crippen molar-refractivity contribution in [3.8, 4) is 11.5 Å². The molecular formula is C30H37N5O6S. The van der Waals surface area contributed by atoms with Crippen molar-refractivity contribution >= 4 is 34.9 Å². The number of furan rings is 1. The molecule has 2 aromatic heterocycles. The van der Waals surface area contributed by atoms with E-state index in [1.165, 1.54) is 4.90 Å². The summed E-state index contributed by atoms with van der Waals surface area (Å²) in [4.78, 5) is 42.7. The lowest BCUT2D eigenvalue weighted by Gasteiger charge is -2.32. The summed E-state index contributed by atoms with van der Waals surface area (Å²) in [5.74, 6) is 0.645. The van der Waals surface area contributed by atoms with Crippen LogP contribution in [0, 0.1) is 6.92 Å². The highest BCUT2D eigenvalue weighted by Crippen LogP contribution is 2.36. The summed E-state index contributed by atoms with van der Waals surface area (Å²) in [5, 5.41) is 5.99. The van der Waals surface area contributed by atoms with Gasteiger partial charge >= 0.3 is 0 Å². The van der Waals surface area contributed by atoms with E-state index in [1.54, 1.807) is 37.3 Å². The summed E-state index contributed by atoms with van der Waals surface area (Å²) >= 11 is 0.842. The van der Waals surface area contributed by atoms with E-state index in [-0.39, 0.29) is 35.6 Å². The number of aryl methyl sites for hydroxylation is 1. The van der Waals surface area contributed by atoms with Crippen LogP contribution in [-0.2, 0) is 11.3 Å². The highest BCUT2D eigenvalue weighted by Gasteiger charge is 2.38. The van der Waals surface area contributed by atoms with Crippen LogP contribution in [0.4, 0.5) is 5.69 Å². The van der Waals surface area contributed by atoms with E-state index in [1.807, 2.05) is 20.8 Å². The van der Waals surface area contributed by atoms with Gasteiger partial charge in [-0.1, -0.05) is 25.3 Å². The van der Waals surface area contributed by atoms with E-state index in [9.17, 15) is 14.4 Å². The number of carbonyl (C=O) groups excluding carboxylic acids is 3. The Balaban J connectivity index is 1.51. The zero-order valence-electron chi connectivity index (χ0n) is 24.3. The Labute approximate surface area is 248 Å². The van der Waals surface area contributed by atoms with Crippen LogP contribution < -0.4 is 25.8 Å². The normalized spacial score (nSPS) is 15.7. The number of nitrogens with one attached hydrogen (secondary N) is 2. The molecule has 1 fully saturated rings. The van der Waals surface area contributed by atoms with Crippen LogP contribution in [0.5, 0.6) is 11.5 Å². The molecule has 0 bridgehead atoms. The summed E-state index contributed by atoms with van der Waals surface area (Å²) in [7, 11) is 0. The molecule has 42 heavy (non-hydrogen) atoms. The predicted octanol–water partition coefficient (Wildman–Crippen LogP) is 4.72. The number of nitrogens with two attached hydrogens (primary N) is 1. The van der Waals surface area contributed by atoms with E-state index in [4.69, 9.17) is 19.6 Å². The number of ether oxygens (including phenoxy) is 2. The molecule has 1 aliphatic heterocycles. The fourth-order valence-corrected chi connectivity index (χ4v) is 5.98. The number of aromatic nitrogens is 1. The minimum Gasteiger partial charge on any atom is -0.464 e. The number of nitrogens with zero attached hydrogens (tertiary/aromatic N) is 2. The van der Waals surface area contributed by atoms with Gasteiger partial charge in [-0.05, 0) is 81.9 Å². The summed E-state index contributed by atoms with van der Waals surface area (Å²) in [6.45, 7) is 7.46. The molecule has 5 rings (SSSR count). The fraction of sp³-hybridized carbons (Fsp3) is 0.467. The summed E-state index contributed by atoms with van der Waals surface area (Å²) < 4.78 is 21.2. The molecule has 0 radical (unpaired) electrons. The van der Waals surface area contributed by atoms with Gasteiger partial charge in [0, 0.05) is 18.1 Å². The van der Waals surface area contributed by atoms with Crippen molar-refractivity contribution in [2.24, 2.45) is 0 Å². The maximum Gasteiger partial charge on any atom is 0.273 e. The Hall–Kier alpha value is -4.06. The number of nitrogen functional groups attached to an aromatic ring is 1. The highest BCUT2D eigenvalue weighted by molar-refractivity contribution is 7.09. The van der Waals surface area contributed by atoms with Crippen molar-refractivity contribution in [3.05, 3.63) is 58.0 Å². The molecule has 1 aliphatic carbocycles. The number of fused-ring (bicyclic) bond motifs is 1. The first-order chi connectivity index (χ1) is 20.0. The van der Waals surface area contributed by atoms with Crippen molar-refractivity contribution in [2.75, 3.05) is 12.5 Å². The third kappa shape index (κ3) is 6.53. The quantitative estimate of drug-likeness (QED) is 0.339. The molecule has 0 saturated heterocycles. The molecular weight excluding hydrogens is 558 g/mol. The average molecular weight is 596 g/mol. The van der Waals surface area contributed by atoms with Crippen LogP contribution in [0.1, 0.15) is 96.2 Å². The molecule has 1 aromatic carbocycles. The number of hydrogen-bond acceptors (Lipinski definition) is 9. The molecule has 1 atom stereocenters. The lowest BCUT2D eigenvalue weighted by Crippen LogP contribution is -2.49. The Morgan fingerprint density at radius 3 is 2.52 bits per heavy atom. The number of carbonyl (C=O) groups is 3. The van der Waals surface area contributed by atoms with E-state index in [0.29, 0.717) is 28.6 Å². The van der Waals surface area contributed by atoms with Gasteiger partial charge in [0.15, 0.2) is 23.2 Å². The van der Waals surface area contributed by atoms with Crippen molar-refractivity contribution in [1.82, 2.24) is 19.9 Å².